The summed E-state index contributed by atoms with van der Waals surface area (Å²) in [4.78, 5) is 37.0. The van der Waals surface area contributed by atoms with Crippen molar-refractivity contribution in [2.45, 2.75) is 46.0 Å². The second kappa shape index (κ2) is 4.27. The minimum absolute atomic E-state index is 0.0371. The van der Waals surface area contributed by atoms with Crippen molar-refractivity contribution in [1.29, 1.82) is 0 Å². The standard InChI is InChI=1S/C19H22O3/c1-18-8-7-12(20)9-11(18)3-4-13-14-5-6-16(22)19(14,2)10-15(21)17(13)18/h7-9,13-14,17H,3-6,10H2,1-2H3/t13-,14-,17+,18-,19-/m1/s1. The first kappa shape index (κ1) is 14.1. The van der Waals surface area contributed by atoms with Crippen LogP contribution in [-0.2, 0) is 14.4 Å². The van der Waals surface area contributed by atoms with Crippen molar-refractivity contribution in [1.82, 2.24) is 0 Å². The average Bonchev–Trinajstić information content (AvgIpc) is 2.75. The molecule has 22 heavy (non-hydrogen) atoms. The fraction of sp³-hybridized carbons (Fsp3) is 0.632. The predicted octanol–water partition coefficient (Wildman–Crippen LogP) is 3.04. The minimum Gasteiger partial charge on any atom is -0.299 e. The van der Waals surface area contributed by atoms with Gasteiger partial charge in [-0.25, -0.2) is 0 Å². The van der Waals surface area contributed by atoms with Crippen LogP contribution in [0.4, 0.5) is 0 Å². The highest BCUT2D eigenvalue weighted by atomic mass is 16.1. The lowest BCUT2D eigenvalue weighted by atomic mass is 9.48. The maximum absolute atomic E-state index is 13.0. The van der Waals surface area contributed by atoms with E-state index in [0.717, 1.165) is 24.8 Å². The maximum atomic E-state index is 13.0. The molecule has 0 unspecified atom stereocenters. The highest BCUT2D eigenvalue weighted by Crippen LogP contribution is 2.62. The van der Waals surface area contributed by atoms with Crippen LogP contribution in [0.2, 0.25) is 0 Å². The van der Waals surface area contributed by atoms with Gasteiger partial charge in [0.05, 0.1) is 0 Å². The van der Waals surface area contributed by atoms with Gasteiger partial charge >= 0.3 is 0 Å². The summed E-state index contributed by atoms with van der Waals surface area (Å²) >= 11 is 0. The first-order chi connectivity index (χ1) is 10.4. The molecule has 4 aliphatic carbocycles. The fourth-order valence-corrected chi connectivity index (χ4v) is 5.81. The van der Waals surface area contributed by atoms with Crippen LogP contribution in [-0.4, -0.2) is 17.3 Å². The Morgan fingerprint density at radius 1 is 1.09 bits per heavy atom. The number of carbonyl (C=O) groups is 3. The van der Waals surface area contributed by atoms with Crippen LogP contribution in [0.25, 0.3) is 0 Å². The predicted molar refractivity (Wildman–Crippen MR) is 82.0 cm³/mol. The van der Waals surface area contributed by atoms with Crippen LogP contribution in [0, 0.1) is 28.6 Å². The number of ketones is 3. The molecule has 3 fully saturated rings. The molecule has 3 nitrogen and oxygen atoms in total. The van der Waals surface area contributed by atoms with Gasteiger partial charge in [0.2, 0.25) is 0 Å². The Bertz CT molecular complexity index is 656. The number of carbonyl (C=O) groups excluding carboxylic acids is 3. The Balaban J connectivity index is 1.79. The lowest BCUT2D eigenvalue weighted by Crippen LogP contribution is -2.54. The second-order valence-electron chi connectivity index (χ2n) is 8.00. The molecule has 0 amide bonds. The lowest BCUT2D eigenvalue weighted by molar-refractivity contribution is -0.147. The zero-order valence-electron chi connectivity index (χ0n) is 13.2. The molecule has 4 aliphatic rings. The van der Waals surface area contributed by atoms with E-state index in [4.69, 9.17) is 0 Å². The zero-order chi connectivity index (χ0) is 15.7. The van der Waals surface area contributed by atoms with Crippen LogP contribution in [0.3, 0.4) is 0 Å². The molecule has 0 heterocycles. The van der Waals surface area contributed by atoms with E-state index < -0.39 is 5.41 Å². The summed E-state index contributed by atoms with van der Waals surface area (Å²) in [5.74, 6) is 1.12. The topological polar surface area (TPSA) is 51.2 Å². The minimum atomic E-state index is -0.427. The number of hydrogen-bond donors (Lipinski definition) is 0. The summed E-state index contributed by atoms with van der Waals surface area (Å²) < 4.78 is 0. The molecule has 116 valence electrons. The van der Waals surface area contributed by atoms with E-state index in [9.17, 15) is 14.4 Å². The van der Waals surface area contributed by atoms with Crippen LogP contribution >= 0.6 is 0 Å². The Morgan fingerprint density at radius 2 is 1.86 bits per heavy atom. The van der Waals surface area contributed by atoms with Gasteiger partial charge in [-0.15, -0.1) is 0 Å². The van der Waals surface area contributed by atoms with E-state index in [1.807, 2.05) is 13.0 Å². The number of fused-ring (bicyclic) bond motifs is 5. The van der Waals surface area contributed by atoms with Crippen LogP contribution in [0.1, 0.15) is 46.0 Å². The van der Waals surface area contributed by atoms with Gasteiger partial charge < -0.3 is 0 Å². The molecule has 3 heteroatoms. The van der Waals surface area contributed by atoms with Gasteiger partial charge in [0.15, 0.2) is 5.78 Å². The molecule has 0 aromatic rings. The first-order valence-electron chi connectivity index (χ1n) is 8.36. The Kier molecular flexibility index (Phi) is 2.74. The van der Waals surface area contributed by atoms with Crippen molar-refractivity contribution < 1.29 is 14.4 Å². The molecule has 4 rings (SSSR count). The van der Waals surface area contributed by atoms with Gasteiger partial charge in [0, 0.05) is 29.6 Å². The number of rotatable bonds is 0. The highest BCUT2D eigenvalue weighted by Gasteiger charge is 2.61. The van der Waals surface area contributed by atoms with Crippen molar-refractivity contribution in [2.24, 2.45) is 28.6 Å². The maximum Gasteiger partial charge on any atom is 0.178 e. The molecule has 0 spiro atoms. The molecular weight excluding hydrogens is 276 g/mol. The van der Waals surface area contributed by atoms with Crippen LogP contribution < -0.4 is 0 Å². The summed E-state index contributed by atoms with van der Waals surface area (Å²) in [6.07, 6.45) is 9.08. The number of hydrogen-bond acceptors (Lipinski definition) is 3. The third-order valence-corrected chi connectivity index (χ3v) is 6.97. The molecule has 3 saturated carbocycles. The highest BCUT2D eigenvalue weighted by molar-refractivity contribution is 6.02. The van der Waals surface area contributed by atoms with Crippen molar-refractivity contribution in [3.05, 3.63) is 23.8 Å². The second-order valence-corrected chi connectivity index (χ2v) is 8.00. The van der Waals surface area contributed by atoms with Gasteiger partial charge in [-0.3, -0.25) is 14.4 Å². The number of Topliss-reactive ketones (excluding diaryl/α,β-unsaturated/α-hetero) is 2. The summed E-state index contributed by atoms with van der Waals surface area (Å²) in [5, 5.41) is 0. The van der Waals surface area contributed by atoms with E-state index in [1.54, 1.807) is 12.2 Å². The third-order valence-electron chi connectivity index (χ3n) is 6.97. The molecule has 0 bridgehead atoms. The molecule has 0 aromatic carbocycles. The van der Waals surface area contributed by atoms with Gasteiger partial charge in [-0.05, 0) is 43.3 Å². The molecule has 0 aliphatic heterocycles. The Morgan fingerprint density at radius 3 is 2.64 bits per heavy atom. The molecule has 5 atom stereocenters. The SMILES string of the molecule is C[C@@]12CC(=O)[C@@H]3[C@H](CCC4=CC(=O)C=C[C@]43C)[C@H]1CCC2=O. The zero-order valence-corrected chi connectivity index (χ0v) is 13.2. The van der Waals surface area contributed by atoms with Gasteiger partial charge in [0.1, 0.15) is 11.6 Å². The van der Waals surface area contributed by atoms with Crippen molar-refractivity contribution in [2.75, 3.05) is 0 Å². The van der Waals surface area contributed by atoms with Gasteiger partial charge in [0.25, 0.3) is 0 Å². The molecule has 0 aromatic heterocycles. The van der Waals surface area contributed by atoms with E-state index in [1.165, 1.54) is 0 Å². The summed E-state index contributed by atoms with van der Waals surface area (Å²) in [6.45, 7) is 4.12. The largest absolute Gasteiger partial charge is 0.299 e. The van der Waals surface area contributed by atoms with Crippen molar-refractivity contribution >= 4 is 17.3 Å². The first-order valence-corrected chi connectivity index (χ1v) is 8.36. The van der Waals surface area contributed by atoms with Crippen molar-refractivity contribution in [3.8, 4) is 0 Å². The average molecular weight is 298 g/mol. The van der Waals surface area contributed by atoms with E-state index in [0.29, 0.717) is 18.8 Å². The number of allylic oxidation sites excluding steroid dienone is 4. The van der Waals surface area contributed by atoms with E-state index in [2.05, 4.69) is 6.92 Å². The molecule has 0 saturated heterocycles. The molecular formula is C19H22O3. The monoisotopic (exact) mass is 298 g/mol. The third kappa shape index (κ3) is 1.60. The fourth-order valence-electron chi connectivity index (χ4n) is 5.81. The van der Waals surface area contributed by atoms with Crippen LogP contribution in [0.5, 0.6) is 0 Å². The summed E-state index contributed by atoms with van der Waals surface area (Å²) in [6, 6.07) is 0. The lowest BCUT2D eigenvalue weighted by Gasteiger charge is -2.54. The quantitative estimate of drug-likeness (QED) is 0.690. The molecule has 0 N–H and O–H groups in total. The summed E-state index contributed by atoms with van der Waals surface area (Å²) in [5.41, 5.74) is 0.368. The van der Waals surface area contributed by atoms with E-state index in [-0.39, 0.29) is 34.6 Å². The van der Waals surface area contributed by atoms with Gasteiger partial charge in [-0.1, -0.05) is 25.5 Å². The Hall–Kier alpha value is -1.51. The summed E-state index contributed by atoms with van der Waals surface area (Å²) in [7, 11) is 0. The Labute approximate surface area is 130 Å². The smallest absolute Gasteiger partial charge is 0.178 e. The normalized spacial score (nSPS) is 46.9. The van der Waals surface area contributed by atoms with Gasteiger partial charge in [-0.2, -0.15) is 0 Å². The molecule has 0 radical (unpaired) electrons. The van der Waals surface area contributed by atoms with Crippen LogP contribution in [0.15, 0.2) is 23.8 Å². The van der Waals surface area contributed by atoms with Crippen molar-refractivity contribution in [3.63, 3.8) is 0 Å². The van der Waals surface area contributed by atoms with E-state index >= 15 is 0 Å².